The number of nitrogens with two attached hydrogens (primary N) is 1. The molecule has 0 unspecified atom stereocenters. The predicted molar refractivity (Wildman–Crippen MR) is 45.1 cm³/mol. The summed E-state index contributed by atoms with van der Waals surface area (Å²) in [5.74, 6) is -1.00. The van der Waals surface area contributed by atoms with Crippen LogP contribution in [0.4, 0.5) is 5.69 Å². The van der Waals surface area contributed by atoms with Gasteiger partial charge in [0.15, 0.2) is 0 Å². The number of carboxylic acid groups (broad SMARTS) is 1. The molecule has 0 aromatic carbocycles. The molecule has 0 amide bonds. The van der Waals surface area contributed by atoms with Gasteiger partial charge in [-0.2, -0.15) is 0 Å². The number of carboxylic acids is 1. The van der Waals surface area contributed by atoms with Crippen LogP contribution in [0.3, 0.4) is 0 Å². The van der Waals surface area contributed by atoms with Crippen LogP contribution in [0.15, 0.2) is 6.20 Å². The molecule has 0 fully saturated rings. The minimum atomic E-state index is -1.00. The van der Waals surface area contributed by atoms with Crippen molar-refractivity contribution in [3.63, 3.8) is 0 Å². The number of aryl methyl sites for hydroxylation is 1. The van der Waals surface area contributed by atoms with Crippen molar-refractivity contribution >= 4 is 11.7 Å². The van der Waals surface area contributed by atoms with Gasteiger partial charge in [0.25, 0.3) is 0 Å². The van der Waals surface area contributed by atoms with Crippen molar-refractivity contribution in [2.24, 2.45) is 0 Å². The number of anilines is 1. The number of hydrogen-bond donors (Lipinski definition) is 2. The molecular weight excluding hydrogens is 156 g/mol. The predicted octanol–water partition coefficient (Wildman–Crippen LogP) is 0.979. The van der Waals surface area contributed by atoms with E-state index in [0.717, 1.165) is 0 Å². The van der Waals surface area contributed by atoms with Gasteiger partial charge >= 0.3 is 5.97 Å². The Hall–Kier alpha value is -1.58. The second-order valence-electron chi connectivity index (χ2n) is 2.60. The Morgan fingerprint density at radius 2 is 2.17 bits per heavy atom. The number of nitrogen functional groups attached to an aromatic ring is 1. The topological polar surface area (TPSA) is 76.2 Å². The van der Waals surface area contributed by atoms with Gasteiger partial charge in [0.2, 0.25) is 0 Å². The van der Waals surface area contributed by atoms with E-state index < -0.39 is 5.97 Å². The Morgan fingerprint density at radius 1 is 1.58 bits per heavy atom. The number of nitrogens with zero attached hydrogens (tertiary/aromatic N) is 1. The number of rotatable bonds is 1. The molecule has 64 valence electrons. The second kappa shape index (κ2) is 2.81. The lowest BCUT2D eigenvalue weighted by Gasteiger charge is -2.05. The first-order valence-corrected chi connectivity index (χ1v) is 3.49. The summed E-state index contributed by atoms with van der Waals surface area (Å²) in [7, 11) is 0. The summed E-state index contributed by atoms with van der Waals surface area (Å²) >= 11 is 0. The molecule has 0 saturated carbocycles. The van der Waals surface area contributed by atoms with Crippen LogP contribution < -0.4 is 5.73 Å². The van der Waals surface area contributed by atoms with E-state index >= 15 is 0 Å². The standard InChI is InChI=1S/C8H10N2O2/c1-4-5(2)10-3-6(9)7(4)8(11)12/h3H,9H2,1-2H3,(H,11,12). The Balaban J connectivity index is 3.43. The summed E-state index contributed by atoms with van der Waals surface area (Å²) < 4.78 is 0. The number of aromatic carboxylic acids is 1. The lowest BCUT2D eigenvalue weighted by molar-refractivity contribution is 0.0697. The molecule has 12 heavy (non-hydrogen) atoms. The molecule has 3 N–H and O–H groups in total. The van der Waals surface area contributed by atoms with Gasteiger partial charge in [-0.15, -0.1) is 0 Å². The molecule has 1 aromatic rings. The van der Waals surface area contributed by atoms with E-state index in [1.165, 1.54) is 6.20 Å². The third-order valence-electron chi connectivity index (χ3n) is 1.82. The molecule has 0 aliphatic carbocycles. The third kappa shape index (κ3) is 1.23. The summed E-state index contributed by atoms with van der Waals surface area (Å²) in [6, 6.07) is 0. The van der Waals surface area contributed by atoms with Gasteiger partial charge in [0, 0.05) is 5.69 Å². The Labute approximate surface area is 70.0 Å². The third-order valence-corrected chi connectivity index (χ3v) is 1.82. The van der Waals surface area contributed by atoms with Gasteiger partial charge in [-0.3, -0.25) is 4.98 Å². The molecule has 0 spiro atoms. The Morgan fingerprint density at radius 3 is 2.58 bits per heavy atom. The molecule has 0 bridgehead atoms. The maximum Gasteiger partial charge on any atom is 0.338 e. The number of aromatic nitrogens is 1. The van der Waals surface area contributed by atoms with Crippen molar-refractivity contribution in [1.29, 1.82) is 0 Å². The Kier molecular flexibility index (Phi) is 1.99. The molecule has 1 heterocycles. The van der Waals surface area contributed by atoms with Crippen LogP contribution in [0.1, 0.15) is 21.6 Å². The van der Waals surface area contributed by atoms with Crippen molar-refractivity contribution in [3.8, 4) is 0 Å². The molecule has 4 heteroatoms. The molecular formula is C8H10N2O2. The van der Waals surface area contributed by atoms with Gasteiger partial charge in [0.1, 0.15) is 0 Å². The average Bonchev–Trinajstić information content (AvgIpc) is 1.97. The lowest BCUT2D eigenvalue weighted by Crippen LogP contribution is -2.07. The highest BCUT2D eigenvalue weighted by Gasteiger charge is 2.12. The first-order chi connectivity index (χ1) is 5.54. The minimum Gasteiger partial charge on any atom is -0.478 e. The number of pyridine rings is 1. The summed E-state index contributed by atoms with van der Waals surface area (Å²) in [6.07, 6.45) is 1.37. The van der Waals surface area contributed by atoms with E-state index in [2.05, 4.69) is 4.98 Å². The zero-order valence-electron chi connectivity index (χ0n) is 6.96. The highest BCUT2D eigenvalue weighted by atomic mass is 16.4. The van der Waals surface area contributed by atoms with Gasteiger partial charge in [-0.05, 0) is 19.4 Å². The van der Waals surface area contributed by atoms with Crippen molar-refractivity contribution in [1.82, 2.24) is 4.98 Å². The normalized spacial score (nSPS) is 9.83. The quantitative estimate of drug-likeness (QED) is 0.652. The minimum absolute atomic E-state index is 0.155. The van der Waals surface area contributed by atoms with Crippen molar-refractivity contribution < 1.29 is 9.90 Å². The van der Waals surface area contributed by atoms with E-state index in [4.69, 9.17) is 10.8 Å². The van der Waals surface area contributed by atoms with Crippen molar-refractivity contribution in [2.75, 3.05) is 5.73 Å². The van der Waals surface area contributed by atoms with Gasteiger partial charge < -0.3 is 10.8 Å². The van der Waals surface area contributed by atoms with Crippen LogP contribution in [-0.2, 0) is 0 Å². The summed E-state index contributed by atoms with van der Waals surface area (Å²) in [6.45, 7) is 3.45. The van der Waals surface area contributed by atoms with Crippen LogP contribution in [0, 0.1) is 13.8 Å². The van der Waals surface area contributed by atoms with Crippen LogP contribution in [-0.4, -0.2) is 16.1 Å². The molecule has 0 aliphatic heterocycles. The van der Waals surface area contributed by atoms with Gasteiger partial charge in [-0.25, -0.2) is 4.79 Å². The monoisotopic (exact) mass is 166 g/mol. The molecule has 4 nitrogen and oxygen atoms in total. The molecule has 0 radical (unpaired) electrons. The number of hydrogen-bond acceptors (Lipinski definition) is 3. The maximum absolute atomic E-state index is 10.7. The summed E-state index contributed by atoms with van der Waals surface area (Å²) in [4.78, 5) is 14.6. The lowest BCUT2D eigenvalue weighted by atomic mass is 10.1. The SMILES string of the molecule is Cc1ncc(N)c(C(=O)O)c1C. The Bertz CT molecular complexity index is 334. The van der Waals surface area contributed by atoms with Crippen LogP contribution in [0.25, 0.3) is 0 Å². The summed E-state index contributed by atoms with van der Waals surface area (Å²) in [5, 5.41) is 8.76. The van der Waals surface area contributed by atoms with Crippen molar-refractivity contribution in [3.05, 3.63) is 23.0 Å². The van der Waals surface area contributed by atoms with E-state index in [0.29, 0.717) is 11.3 Å². The van der Waals surface area contributed by atoms with E-state index in [1.807, 2.05) is 0 Å². The van der Waals surface area contributed by atoms with E-state index in [1.54, 1.807) is 13.8 Å². The smallest absolute Gasteiger partial charge is 0.338 e. The largest absolute Gasteiger partial charge is 0.478 e. The fourth-order valence-electron chi connectivity index (χ4n) is 1.01. The first-order valence-electron chi connectivity index (χ1n) is 3.49. The van der Waals surface area contributed by atoms with Crippen LogP contribution in [0.5, 0.6) is 0 Å². The van der Waals surface area contributed by atoms with Gasteiger partial charge in [0.05, 0.1) is 17.4 Å². The van der Waals surface area contributed by atoms with E-state index in [-0.39, 0.29) is 11.3 Å². The van der Waals surface area contributed by atoms with Crippen LogP contribution >= 0.6 is 0 Å². The molecule has 1 rings (SSSR count). The highest BCUT2D eigenvalue weighted by Crippen LogP contribution is 2.17. The zero-order chi connectivity index (χ0) is 9.30. The van der Waals surface area contributed by atoms with Crippen LogP contribution in [0.2, 0.25) is 0 Å². The second-order valence-corrected chi connectivity index (χ2v) is 2.60. The van der Waals surface area contributed by atoms with E-state index in [9.17, 15) is 4.79 Å². The maximum atomic E-state index is 10.7. The first kappa shape index (κ1) is 8.52. The van der Waals surface area contributed by atoms with Gasteiger partial charge in [-0.1, -0.05) is 0 Å². The fourth-order valence-corrected chi connectivity index (χ4v) is 1.01. The fraction of sp³-hybridized carbons (Fsp3) is 0.250. The molecule has 0 atom stereocenters. The zero-order valence-corrected chi connectivity index (χ0v) is 6.96. The molecule has 0 aliphatic rings. The summed E-state index contributed by atoms with van der Waals surface area (Å²) in [5.41, 5.74) is 7.14. The number of carbonyl (C=O) groups is 1. The highest BCUT2D eigenvalue weighted by molar-refractivity contribution is 5.95. The molecule has 0 saturated heterocycles. The van der Waals surface area contributed by atoms with Crippen molar-refractivity contribution in [2.45, 2.75) is 13.8 Å². The molecule has 1 aromatic heterocycles. The average molecular weight is 166 g/mol.